The molecule has 4 heteroatoms. The van der Waals surface area contributed by atoms with Gasteiger partial charge in [-0.15, -0.1) is 0 Å². The Morgan fingerprint density at radius 2 is 2.24 bits per heavy atom. The molecular formula is C13H22BrNO2. The van der Waals surface area contributed by atoms with Gasteiger partial charge < -0.3 is 9.64 Å². The first-order valence-corrected chi connectivity index (χ1v) is 7.87. The van der Waals surface area contributed by atoms with E-state index >= 15 is 0 Å². The molecule has 0 aromatic rings. The van der Waals surface area contributed by atoms with Gasteiger partial charge in [0.2, 0.25) is 5.91 Å². The lowest BCUT2D eigenvalue weighted by Crippen LogP contribution is -2.41. The summed E-state index contributed by atoms with van der Waals surface area (Å²) >= 11 is 3.49. The summed E-state index contributed by atoms with van der Waals surface area (Å²) in [6.45, 7) is 2.74. The van der Waals surface area contributed by atoms with Crippen molar-refractivity contribution in [1.82, 2.24) is 4.90 Å². The summed E-state index contributed by atoms with van der Waals surface area (Å²) in [5.74, 6) is 0.993. The van der Waals surface area contributed by atoms with E-state index in [0.29, 0.717) is 18.2 Å². The molecule has 2 aliphatic heterocycles. The molecule has 3 nitrogen and oxygen atoms in total. The highest BCUT2D eigenvalue weighted by Gasteiger charge is 2.26. The van der Waals surface area contributed by atoms with Crippen LogP contribution >= 0.6 is 15.9 Å². The average Bonchev–Trinajstić information content (AvgIpc) is 2.83. The number of halogens is 1. The molecule has 0 radical (unpaired) electrons. The molecule has 0 spiro atoms. The number of carbonyl (C=O) groups excluding carboxylic acids is 1. The minimum absolute atomic E-state index is 0.194. The number of ether oxygens (including phenoxy) is 1. The summed E-state index contributed by atoms with van der Waals surface area (Å²) in [5, 5.41) is 1.05. The van der Waals surface area contributed by atoms with Crippen LogP contribution in [0.25, 0.3) is 0 Å². The zero-order valence-electron chi connectivity index (χ0n) is 10.4. The van der Waals surface area contributed by atoms with Crippen LogP contribution in [0, 0.1) is 5.92 Å². The molecular weight excluding hydrogens is 282 g/mol. The van der Waals surface area contributed by atoms with Crippen LogP contribution in [0.4, 0.5) is 0 Å². The summed E-state index contributed by atoms with van der Waals surface area (Å²) in [5.41, 5.74) is 0. The summed E-state index contributed by atoms with van der Waals surface area (Å²) < 4.78 is 5.53. The van der Waals surface area contributed by atoms with Crippen molar-refractivity contribution in [3.05, 3.63) is 0 Å². The maximum atomic E-state index is 12.1. The third kappa shape index (κ3) is 3.95. The van der Waals surface area contributed by atoms with E-state index in [2.05, 4.69) is 20.8 Å². The van der Waals surface area contributed by atoms with Crippen LogP contribution in [0.3, 0.4) is 0 Å². The highest BCUT2D eigenvalue weighted by molar-refractivity contribution is 9.09. The van der Waals surface area contributed by atoms with Gasteiger partial charge in [0.25, 0.3) is 0 Å². The van der Waals surface area contributed by atoms with E-state index in [1.807, 2.05) is 0 Å². The van der Waals surface area contributed by atoms with Crippen LogP contribution in [0.5, 0.6) is 0 Å². The number of hydrogen-bond donors (Lipinski definition) is 0. The Morgan fingerprint density at radius 3 is 2.94 bits per heavy atom. The largest absolute Gasteiger partial charge is 0.378 e. The van der Waals surface area contributed by atoms with E-state index in [9.17, 15) is 4.79 Å². The van der Waals surface area contributed by atoms with Crippen molar-refractivity contribution in [3.63, 3.8) is 0 Å². The second-order valence-electron chi connectivity index (χ2n) is 5.16. The van der Waals surface area contributed by atoms with Crippen LogP contribution in [0.15, 0.2) is 0 Å². The monoisotopic (exact) mass is 303 g/mol. The molecule has 0 aromatic carbocycles. The van der Waals surface area contributed by atoms with Crippen molar-refractivity contribution in [1.29, 1.82) is 0 Å². The SMILES string of the molecule is O=C(CC1CCCO1)N1CCCC(CCBr)C1. The highest BCUT2D eigenvalue weighted by Crippen LogP contribution is 2.22. The molecule has 0 N–H and O–H groups in total. The van der Waals surface area contributed by atoms with Crippen LogP contribution in [0.1, 0.15) is 38.5 Å². The van der Waals surface area contributed by atoms with Crippen LogP contribution < -0.4 is 0 Å². The van der Waals surface area contributed by atoms with Crippen molar-refractivity contribution < 1.29 is 9.53 Å². The molecule has 2 saturated heterocycles. The lowest BCUT2D eigenvalue weighted by molar-refractivity contribution is -0.135. The van der Waals surface area contributed by atoms with Gasteiger partial charge in [-0.25, -0.2) is 0 Å². The number of piperidine rings is 1. The maximum Gasteiger partial charge on any atom is 0.225 e. The van der Waals surface area contributed by atoms with Gasteiger partial charge in [0.15, 0.2) is 0 Å². The summed E-state index contributed by atoms with van der Waals surface area (Å²) in [6, 6.07) is 0. The summed E-state index contributed by atoms with van der Waals surface area (Å²) in [6.07, 6.45) is 6.59. The van der Waals surface area contributed by atoms with E-state index in [1.54, 1.807) is 0 Å². The van der Waals surface area contributed by atoms with Crippen molar-refractivity contribution in [2.75, 3.05) is 25.0 Å². The van der Waals surface area contributed by atoms with Gasteiger partial charge in [-0.3, -0.25) is 4.79 Å². The number of likely N-dealkylation sites (tertiary alicyclic amines) is 1. The molecule has 98 valence electrons. The number of carbonyl (C=O) groups is 1. The molecule has 0 bridgehead atoms. The lowest BCUT2D eigenvalue weighted by atomic mass is 9.95. The fourth-order valence-corrected chi connectivity index (χ4v) is 3.46. The molecule has 17 heavy (non-hydrogen) atoms. The van der Waals surface area contributed by atoms with Gasteiger partial charge in [0.05, 0.1) is 12.5 Å². The van der Waals surface area contributed by atoms with Crippen LogP contribution in [-0.2, 0) is 9.53 Å². The Morgan fingerprint density at radius 1 is 1.35 bits per heavy atom. The molecule has 2 unspecified atom stereocenters. The Hall–Kier alpha value is -0.0900. The number of hydrogen-bond acceptors (Lipinski definition) is 2. The molecule has 2 aliphatic rings. The Bertz CT molecular complexity index is 252. The van der Waals surface area contributed by atoms with Gasteiger partial charge in [-0.1, -0.05) is 15.9 Å². The lowest BCUT2D eigenvalue weighted by Gasteiger charge is -2.33. The minimum Gasteiger partial charge on any atom is -0.378 e. The quantitative estimate of drug-likeness (QED) is 0.747. The Labute approximate surface area is 112 Å². The second kappa shape index (κ2) is 6.74. The molecule has 2 atom stereocenters. The first-order valence-electron chi connectivity index (χ1n) is 6.75. The Balaban J connectivity index is 1.77. The number of amides is 1. The molecule has 0 saturated carbocycles. The number of nitrogens with zero attached hydrogens (tertiary/aromatic N) is 1. The number of rotatable bonds is 4. The molecule has 1 amide bonds. The van der Waals surface area contributed by atoms with Gasteiger partial charge >= 0.3 is 0 Å². The van der Waals surface area contributed by atoms with Gasteiger partial charge in [-0.05, 0) is 38.0 Å². The predicted molar refractivity (Wildman–Crippen MR) is 71.3 cm³/mol. The Kier molecular flexibility index (Phi) is 5.29. The van der Waals surface area contributed by atoms with E-state index in [-0.39, 0.29) is 6.10 Å². The fraction of sp³-hybridized carbons (Fsp3) is 0.923. The third-order valence-electron chi connectivity index (χ3n) is 3.82. The van der Waals surface area contributed by atoms with E-state index < -0.39 is 0 Å². The molecule has 2 rings (SSSR count). The van der Waals surface area contributed by atoms with Crippen molar-refractivity contribution in [2.24, 2.45) is 5.92 Å². The molecule has 2 heterocycles. The van der Waals surface area contributed by atoms with Crippen LogP contribution in [0.2, 0.25) is 0 Å². The smallest absolute Gasteiger partial charge is 0.225 e. The van der Waals surface area contributed by atoms with Gasteiger partial charge in [0.1, 0.15) is 0 Å². The van der Waals surface area contributed by atoms with Crippen molar-refractivity contribution in [2.45, 2.75) is 44.6 Å². The summed E-state index contributed by atoms with van der Waals surface area (Å²) in [7, 11) is 0. The zero-order valence-corrected chi connectivity index (χ0v) is 12.0. The highest BCUT2D eigenvalue weighted by atomic mass is 79.9. The second-order valence-corrected chi connectivity index (χ2v) is 5.96. The first kappa shape index (κ1) is 13.3. The topological polar surface area (TPSA) is 29.5 Å². The normalized spacial score (nSPS) is 29.6. The summed E-state index contributed by atoms with van der Waals surface area (Å²) in [4.78, 5) is 14.2. The zero-order chi connectivity index (χ0) is 12.1. The van der Waals surface area contributed by atoms with E-state index in [1.165, 1.54) is 12.8 Å². The average molecular weight is 304 g/mol. The molecule has 0 aliphatic carbocycles. The molecule has 2 fully saturated rings. The van der Waals surface area contributed by atoms with E-state index in [4.69, 9.17) is 4.74 Å². The van der Waals surface area contributed by atoms with Crippen molar-refractivity contribution in [3.8, 4) is 0 Å². The van der Waals surface area contributed by atoms with Crippen molar-refractivity contribution >= 4 is 21.8 Å². The molecule has 0 aromatic heterocycles. The van der Waals surface area contributed by atoms with E-state index in [0.717, 1.165) is 44.3 Å². The first-order chi connectivity index (χ1) is 8.29. The maximum absolute atomic E-state index is 12.1. The van der Waals surface area contributed by atoms with Gasteiger partial charge in [-0.2, -0.15) is 0 Å². The van der Waals surface area contributed by atoms with Gasteiger partial charge in [0, 0.05) is 25.0 Å². The number of alkyl halides is 1. The third-order valence-corrected chi connectivity index (χ3v) is 4.27. The standard InChI is InChI=1S/C13H22BrNO2/c14-6-5-11-3-1-7-15(10-11)13(16)9-12-4-2-8-17-12/h11-12H,1-10H2. The predicted octanol–water partition coefficient (Wildman–Crippen LogP) is 2.58. The fourth-order valence-electron chi connectivity index (χ4n) is 2.81. The van der Waals surface area contributed by atoms with Crippen LogP contribution in [-0.4, -0.2) is 41.9 Å². The minimum atomic E-state index is 0.194.